The van der Waals surface area contributed by atoms with Crippen molar-refractivity contribution in [3.63, 3.8) is 0 Å². The Bertz CT molecular complexity index is 1430. The summed E-state index contributed by atoms with van der Waals surface area (Å²) in [6.45, 7) is 8.92. The third kappa shape index (κ3) is 5.67. The fraction of sp³-hybridized carbons (Fsp3) is 0.424. The molecule has 5 rings (SSSR count). The highest BCUT2D eigenvalue weighted by atomic mass is 127. The van der Waals surface area contributed by atoms with E-state index in [4.69, 9.17) is 9.47 Å². The summed E-state index contributed by atoms with van der Waals surface area (Å²) in [4.78, 5) is 42.0. The standard InChI is InChI=1S/C33H37IN2O5/c1-5-36-24-12-8-14-26(37)31(24)30(32-25(36)13-9-15-27(32)38)21-16-22(34)33(28(17-21)40-6-2)41-18-29(39)35-23-11-7-10-19(3)20(23)4/h7,10-11,16-17,30H,5-6,8-9,12-15,18H2,1-4H3,(H,35,39). The maximum Gasteiger partial charge on any atom is 0.262 e. The smallest absolute Gasteiger partial charge is 0.262 e. The van der Waals surface area contributed by atoms with E-state index in [9.17, 15) is 14.4 Å². The van der Waals surface area contributed by atoms with Crippen LogP contribution in [-0.4, -0.2) is 42.1 Å². The Kier molecular flexibility index (Phi) is 8.87. The van der Waals surface area contributed by atoms with Gasteiger partial charge in [-0.1, -0.05) is 12.1 Å². The second-order valence-corrected chi connectivity index (χ2v) is 12.0. The molecule has 2 aromatic rings. The largest absolute Gasteiger partial charge is 0.490 e. The number of hydrogen-bond donors (Lipinski definition) is 1. The maximum absolute atomic E-state index is 13.5. The molecule has 0 radical (unpaired) electrons. The zero-order valence-corrected chi connectivity index (χ0v) is 26.4. The molecule has 0 bridgehead atoms. The Balaban J connectivity index is 1.51. The van der Waals surface area contributed by atoms with Gasteiger partial charge in [0.05, 0.1) is 10.2 Å². The van der Waals surface area contributed by atoms with Crippen molar-refractivity contribution in [3.8, 4) is 11.5 Å². The summed E-state index contributed by atoms with van der Waals surface area (Å²) < 4.78 is 12.8. The topological polar surface area (TPSA) is 84.9 Å². The van der Waals surface area contributed by atoms with Gasteiger partial charge in [0, 0.05) is 53.5 Å². The lowest BCUT2D eigenvalue weighted by Crippen LogP contribution is -2.39. The highest BCUT2D eigenvalue weighted by molar-refractivity contribution is 14.1. The van der Waals surface area contributed by atoms with Gasteiger partial charge in [0.1, 0.15) is 0 Å². The van der Waals surface area contributed by atoms with E-state index >= 15 is 0 Å². The number of nitrogens with one attached hydrogen (secondary N) is 1. The molecule has 41 heavy (non-hydrogen) atoms. The van der Waals surface area contributed by atoms with Gasteiger partial charge >= 0.3 is 0 Å². The normalized spacial score (nSPS) is 17.4. The molecule has 1 aliphatic heterocycles. The summed E-state index contributed by atoms with van der Waals surface area (Å²) in [5, 5.41) is 2.94. The first-order valence-corrected chi connectivity index (χ1v) is 15.6. The predicted octanol–water partition coefficient (Wildman–Crippen LogP) is 6.76. The highest BCUT2D eigenvalue weighted by Gasteiger charge is 2.43. The van der Waals surface area contributed by atoms with Crippen LogP contribution in [0.3, 0.4) is 0 Å². The van der Waals surface area contributed by atoms with E-state index in [0.29, 0.717) is 30.9 Å². The molecule has 0 atom stereocenters. The van der Waals surface area contributed by atoms with Gasteiger partial charge in [-0.2, -0.15) is 0 Å². The molecule has 0 unspecified atom stereocenters. The number of halogens is 1. The van der Waals surface area contributed by atoms with Crippen LogP contribution in [0.15, 0.2) is 52.9 Å². The number of ketones is 2. The van der Waals surface area contributed by atoms with Crippen molar-refractivity contribution < 1.29 is 23.9 Å². The molecule has 3 aliphatic rings. The van der Waals surface area contributed by atoms with E-state index in [-0.39, 0.29) is 24.1 Å². The molecule has 2 aromatic carbocycles. The van der Waals surface area contributed by atoms with E-state index in [1.54, 1.807) is 0 Å². The third-order valence-corrected chi connectivity index (χ3v) is 9.10. The molecule has 1 amide bonds. The zero-order valence-electron chi connectivity index (χ0n) is 24.2. The fourth-order valence-electron chi connectivity index (χ4n) is 6.30. The van der Waals surface area contributed by atoms with Crippen LogP contribution in [0, 0.1) is 17.4 Å². The van der Waals surface area contributed by atoms with Crippen molar-refractivity contribution in [1.29, 1.82) is 0 Å². The van der Waals surface area contributed by atoms with Crippen LogP contribution in [0.1, 0.15) is 75.0 Å². The molecule has 0 fully saturated rings. The Labute approximate surface area is 255 Å². The number of rotatable bonds is 8. The van der Waals surface area contributed by atoms with Crippen molar-refractivity contribution in [1.82, 2.24) is 4.90 Å². The van der Waals surface area contributed by atoms with Gasteiger partial charge in [0.25, 0.3) is 5.91 Å². The molecule has 0 spiro atoms. The van der Waals surface area contributed by atoms with Crippen LogP contribution in [0.4, 0.5) is 5.69 Å². The summed E-state index contributed by atoms with van der Waals surface area (Å²) in [7, 11) is 0. The number of Topliss-reactive ketones (excluding diaryl/α,β-unsaturated/α-hetero) is 2. The van der Waals surface area contributed by atoms with Crippen LogP contribution in [0.5, 0.6) is 11.5 Å². The van der Waals surface area contributed by atoms with Gasteiger partial charge in [0.2, 0.25) is 0 Å². The van der Waals surface area contributed by atoms with E-state index in [2.05, 4.69) is 39.7 Å². The molecular weight excluding hydrogens is 631 g/mol. The van der Waals surface area contributed by atoms with Crippen molar-refractivity contribution in [2.45, 2.75) is 72.1 Å². The Morgan fingerprint density at radius 2 is 1.63 bits per heavy atom. The Morgan fingerprint density at radius 1 is 0.976 bits per heavy atom. The first-order valence-electron chi connectivity index (χ1n) is 14.5. The van der Waals surface area contributed by atoms with E-state index in [1.807, 2.05) is 51.1 Å². The van der Waals surface area contributed by atoms with Gasteiger partial charge in [-0.15, -0.1) is 0 Å². The van der Waals surface area contributed by atoms with Gasteiger partial charge in [0.15, 0.2) is 29.7 Å². The lowest BCUT2D eigenvalue weighted by Gasteiger charge is -2.43. The zero-order chi connectivity index (χ0) is 29.3. The number of anilines is 1. The minimum absolute atomic E-state index is 0.121. The molecule has 216 valence electrons. The SMILES string of the molecule is CCOc1cc(C2C3=C(CCCC3=O)N(CC)C3=C2C(=O)CCC3)cc(I)c1OCC(=O)Nc1cccc(C)c1C. The third-order valence-electron chi connectivity index (χ3n) is 8.29. The number of ether oxygens (including phenoxy) is 2. The molecule has 7 nitrogen and oxygen atoms in total. The summed E-state index contributed by atoms with van der Waals surface area (Å²) in [5.41, 5.74) is 7.37. The number of allylic oxidation sites excluding steroid dienone is 4. The second kappa shape index (κ2) is 12.4. The highest BCUT2D eigenvalue weighted by Crippen LogP contribution is 2.50. The number of benzene rings is 2. The van der Waals surface area contributed by atoms with E-state index in [0.717, 1.165) is 80.7 Å². The molecule has 8 heteroatoms. The number of amides is 1. The maximum atomic E-state index is 13.5. The van der Waals surface area contributed by atoms with Gasteiger partial charge in [-0.25, -0.2) is 0 Å². The second-order valence-electron chi connectivity index (χ2n) is 10.8. The first-order chi connectivity index (χ1) is 19.7. The molecule has 0 saturated carbocycles. The lowest BCUT2D eigenvalue weighted by molar-refractivity contribution is -0.118. The molecule has 1 N–H and O–H groups in total. The number of carbonyl (C=O) groups excluding carboxylic acids is 3. The number of hydrogen-bond acceptors (Lipinski definition) is 6. The van der Waals surface area contributed by atoms with Crippen molar-refractivity contribution in [3.05, 3.63) is 73.1 Å². The monoisotopic (exact) mass is 668 g/mol. The average molecular weight is 669 g/mol. The van der Waals surface area contributed by atoms with Gasteiger partial charge < -0.3 is 19.7 Å². The first kappa shape index (κ1) is 29.4. The van der Waals surface area contributed by atoms with Crippen LogP contribution in [-0.2, 0) is 14.4 Å². The van der Waals surface area contributed by atoms with Gasteiger partial charge in [-0.3, -0.25) is 14.4 Å². The molecule has 2 aliphatic carbocycles. The summed E-state index contributed by atoms with van der Waals surface area (Å²) in [6, 6.07) is 9.67. The van der Waals surface area contributed by atoms with Crippen molar-refractivity contribution >= 4 is 45.8 Å². The van der Waals surface area contributed by atoms with Crippen LogP contribution in [0.2, 0.25) is 0 Å². The summed E-state index contributed by atoms with van der Waals surface area (Å²) in [5.74, 6) is 0.539. The van der Waals surface area contributed by atoms with E-state index < -0.39 is 5.92 Å². The summed E-state index contributed by atoms with van der Waals surface area (Å²) >= 11 is 2.20. The van der Waals surface area contributed by atoms with E-state index in [1.165, 1.54) is 0 Å². The number of aryl methyl sites for hydroxylation is 1. The Hall–Kier alpha value is -3.14. The van der Waals surface area contributed by atoms with Crippen molar-refractivity contribution in [2.75, 3.05) is 25.1 Å². The summed E-state index contributed by atoms with van der Waals surface area (Å²) in [6.07, 6.45) is 4.32. The average Bonchev–Trinajstić information content (AvgIpc) is 2.94. The predicted molar refractivity (Wildman–Crippen MR) is 167 cm³/mol. The molecule has 0 aromatic heterocycles. The van der Waals surface area contributed by atoms with Crippen LogP contribution >= 0.6 is 22.6 Å². The van der Waals surface area contributed by atoms with Crippen molar-refractivity contribution in [2.24, 2.45) is 0 Å². The van der Waals surface area contributed by atoms with Crippen LogP contribution in [0.25, 0.3) is 0 Å². The minimum atomic E-state index is -0.419. The Morgan fingerprint density at radius 3 is 2.24 bits per heavy atom. The minimum Gasteiger partial charge on any atom is -0.490 e. The number of nitrogens with zero attached hydrogens (tertiary/aromatic N) is 1. The van der Waals surface area contributed by atoms with Gasteiger partial charge in [-0.05, 0) is 111 Å². The molecular formula is C33H37IN2O5. The fourth-order valence-corrected chi connectivity index (χ4v) is 7.08. The lowest BCUT2D eigenvalue weighted by atomic mass is 9.71. The number of carbonyl (C=O) groups is 3. The quantitative estimate of drug-likeness (QED) is 0.313. The molecule has 0 saturated heterocycles. The molecule has 1 heterocycles. The van der Waals surface area contributed by atoms with Crippen LogP contribution < -0.4 is 14.8 Å².